The lowest BCUT2D eigenvalue weighted by Crippen LogP contribution is -2.60. The maximum atomic E-state index is 11.6. The second kappa shape index (κ2) is 11.3. The molecule has 0 saturated carbocycles. The van der Waals surface area contributed by atoms with Crippen molar-refractivity contribution < 1.29 is 73.8 Å². The third-order valence-corrected chi connectivity index (χ3v) is 5.97. The van der Waals surface area contributed by atoms with Crippen LogP contribution in [0.25, 0.3) is 22.3 Å². The van der Waals surface area contributed by atoms with Crippen LogP contribution in [0.3, 0.4) is 0 Å². The smallest absolute Gasteiger partial charge is 0.402 e. The minimum absolute atomic E-state index is 0.0246. The molecular formula is C25H25O15+. The van der Waals surface area contributed by atoms with Gasteiger partial charge in [0, 0.05) is 24.3 Å². The van der Waals surface area contributed by atoms with Gasteiger partial charge in [0.15, 0.2) is 11.5 Å². The quantitative estimate of drug-likeness (QED) is 0.0798. The molecule has 1 aliphatic rings. The molecule has 1 aliphatic heterocycles. The van der Waals surface area contributed by atoms with Gasteiger partial charge in [-0.15, -0.1) is 0 Å². The molecule has 4 rings (SSSR count). The molecule has 1 saturated heterocycles. The van der Waals surface area contributed by atoms with E-state index in [4.69, 9.17) is 28.5 Å². The largest absolute Gasteiger partial charge is 0.507 e. The number of hydrogen-bond donors (Lipinski definition) is 8. The summed E-state index contributed by atoms with van der Waals surface area (Å²) in [6, 6.07) is 5.77. The number of hydrogen-bond acceptors (Lipinski definition) is 13. The molecule has 3 aromatic rings. The van der Waals surface area contributed by atoms with Gasteiger partial charge in [-0.05, 0) is 0 Å². The molecule has 8 N–H and O–H groups in total. The van der Waals surface area contributed by atoms with Gasteiger partial charge in [-0.2, -0.15) is 0 Å². The molecule has 1 fully saturated rings. The summed E-state index contributed by atoms with van der Waals surface area (Å²) in [6.45, 7) is -0.699. The summed E-state index contributed by atoms with van der Waals surface area (Å²) in [7, 11) is 1.23. The Bertz CT molecular complexity index is 1440. The fraction of sp³-hybridized carbons (Fsp3) is 0.320. The maximum Gasteiger partial charge on any atom is 0.402 e. The third kappa shape index (κ3) is 5.72. The molecule has 3 unspecified atom stereocenters. The van der Waals surface area contributed by atoms with Crippen molar-refractivity contribution in [2.24, 2.45) is 0 Å². The predicted molar refractivity (Wildman–Crippen MR) is 130 cm³/mol. The molecule has 40 heavy (non-hydrogen) atoms. The van der Waals surface area contributed by atoms with Crippen LogP contribution in [0, 0.1) is 0 Å². The molecule has 15 nitrogen and oxygen atoms in total. The van der Waals surface area contributed by atoms with Gasteiger partial charge < -0.3 is 59.8 Å². The molecule has 0 amide bonds. The van der Waals surface area contributed by atoms with E-state index in [1.54, 1.807) is 0 Å². The van der Waals surface area contributed by atoms with Crippen LogP contribution in [0.1, 0.15) is 6.42 Å². The number of carbonyl (C=O) groups excluding carboxylic acids is 1. The number of carbonyl (C=O) groups is 2. The number of fused-ring (bicyclic) bond motifs is 1. The highest BCUT2D eigenvalue weighted by atomic mass is 16.7. The molecular weight excluding hydrogens is 540 g/mol. The van der Waals surface area contributed by atoms with E-state index in [-0.39, 0.29) is 39.5 Å². The topological polar surface area (TPSA) is 244 Å². The lowest BCUT2D eigenvalue weighted by molar-refractivity contribution is -0.278. The van der Waals surface area contributed by atoms with Gasteiger partial charge in [0.25, 0.3) is 0 Å². The lowest BCUT2D eigenvalue weighted by Gasteiger charge is -2.39. The molecule has 2 heterocycles. The molecule has 2 aromatic carbocycles. The second-order valence-electron chi connectivity index (χ2n) is 8.75. The Morgan fingerprint density at radius 1 is 0.925 bits per heavy atom. The number of phenols is 4. The Morgan fingerprint density at radius 3 is 2.33 bits per heavy atom. The van der Waals surface area contributed by atoms with E-state index in [0.717, 1.165) is 12.1 Å². The Labute approximate surface area is 224 Å². The monoisotopic (exact) mass is 565 g/mol. The van der Waals surface area contributed by atoms with E-state index in [1.807, 2.05) is 0 Å². The zero-order chi connectivity index (χ0) is 29.3. The van der Waals surface area contributed by atoms with Gasteiger partial charge in [0.2, 0.25) is 17.8 Å². The average Bonchev–Trinajstić information content (AvgIpc) is 2.89. The first-order chi connectivity index (χ1) is 18.9. The van der Waals surface area contributed by atoms with Crippen molar-refractivity contribution in [3.05, 3.63) is 30.3 Å². The maximum absolute atomic E-state index is 11.6. The van der Waals surface area contributed by atoms with Crippen molar-refractivity contribution in [1.82, 2.24) is 0 Å². The van der Waals surface area contributed by atoms with Crippen LogP contribution < -0.4 is 9.47 Å². The molecule has 1 aromatic heterocycles. The fourth-order valence-electron chi connectivity index (χ4n) is 3.98. The average molecular weight is 565 g/mol. The number of esters is 1. The fourth-order valence-corrected chi connectivity index (χ4v) is 3.98. The summed E-state index contributed by atoms with van der Waals surface area (Å²) in [5.74, 6) is -5.15. The number of benzene rings is 2. The minimum Gasteiger partial charge on any atom is -0.507 e. The Hall–Kier alpha value is -4.57. The number of ether oxygens (including phenoxy) is 4. The highest BCUT2D eigenvalue weighted by Gasteiger charge is 2.46. The van der Waals surface area contributed by atoms with Crippen molar-refractivity contribution in [3.63, 3.8) is 0 Å². The number of aliphatic hydroxyl groups is 3. The number of aromatic hydroxyl groups is 4. The third-order valence-electron chi connectivity index (χ3n) is 5.97. The Balaban J connectivity index is 1.74. The summed E-state index contributed by atoms with van der Waals surface area (Å²) in [4.78, 5) is 22.3. The van der Waals surface area contributed by atoms with Crippen LogP contribution >= 0.6 is 0 Å². The molecule has 15 heteroatoms. The van der Waals surface area contributed by atoms with E-state index in [2.05, 4.69) is 0 Å². The summed E-state index contributed by atoms with van der Waals surface area (Å²) >= 11 is 0. The van der Waals surface area contributed by atoms with Crippen molar-refractivity contribution in [2.75, 3.05) is 13.7 Å². The minimum atomic E-state index is -1.87. The van der Waals surface area contributed by atoms with E-state index in [9.17, 15) is 45.3 Å². The number of methoxy groups -OCH3 is 1. The van der Waals surface area contributed by atoms with Crippen LogP contribution in [-0.2, 0) is 19.1 Å². The first-order valence-electron chi connectivity index (χ1n) is 11.6. The molecule has 214 valence electrons. The van der Waals surface area contributed by atoms with E-state index in [0.29, 0.717) is 0 Å². The van der Waals surface area contributed by atoms with Crippen LogP contribution in [0.5, 0.6) is 34.5 Å². The number of aliphatic carboxylic acids is 1. The molecule has 0 spiro atoms. The van der Waals surface area contributed by atoms with Crippen LogP contribution in [-0.4, -0.2) is 97.2 Å². The van der Waals surface area contributed by atoms with Gasteiger partial charge in [0.05, 0.1) is 18.7 Å². The van der Waals surface area contributed by atoms with Gasteiger partial charge in [0.1, 0.15) is 54.3 Å². The zero-order valence-electron chi connectivity index (χ0n) is 20.6. The first kappa shape index (κ1) is 28.4. The van der Waals surface area contributed by atoms with Crippen LogP contribution in [0.15, 0.2) is 34.7 Å². The van der Waals surface area contributed by atoms with Crippen molar-refractivity contribution in [2.45, 2.75) is 37.1 Å². The summed E-state index contributed by atoms with van der Waals surface area (Å²) in [5, 5.41) is 80.4. The molecule has 0 radical (unpaired) electrons. The van der Waals surface area contributed by atoms with E-state index < -0.39 is 72.9 Å². The number of carboxylic acid groups (broad SMARTS) is 1. The lowest BCUT2D eigenvalue weighted by atomic mass is 9.99. The Kier molecular flexibility index (Phi) is 8.01. The van der Waals surface area contributed by atoms with Crippen LogP contribution in [0.4, 0.5) is 0 Å². The predicted octanol–water partition coefficient (Wildman–Crippen LogP) is 0.416. The summed E-state index contributed by atoms with van der Waals surface area (Å²) < 4.78 is 27.0. The van der Waals surface area contributed by atoms with E-state index in [1.165, 1.54) is 25.3 Å². The zero-order valence-corrected chi connectivity index (χ0v) is 20.6. The highest BCUT2D eigenvalue weighted by molar-refractivity contribution is 5.90. The van der Waals surface area contributed by atoms with Crippen LogP contribution in [0.2, 0.25) is 0 Å². The summed E-state index contributed by atoms with van der Waals surface area (Å²) in [5.41, 5.74) is 0.00656. The summed E-state index contributed by atoms with van der Waals surface area (Å²) in [6.07, 6.45) is -9.69. The second-order valence-corrected chi connectivity index (χ2v) is 8.75. The number of phenolic OH excluding ortho intramolecular Hbond substituents is 4. The van der Waals surface area contributed by atoms with Crippen molar-refractivity contribution >= 4 is 22.9 Å². The number of carboxylic acids is 1. The number of rotatable bonds is 8. The normalized spacial score (nSPS) is 22.6. The standard InChI is InChI=1S/C25H24O15/c1-36-15-3-9(2-13(28)20(15)32)24-16(6-11-12(27)4-10(26)5-14(11)38-24)39-25-23(35)22(34)21(33)17(40-25)8-37-19(31)7-18(29)30/h2-6,17,21-23,25,33-35H,7-8H2,1H3,(H4-,26,27,28,29,30,32)/p+1/t17?,21-,22?,23?,25-/m1/s1. The first-order valence-corrected chi connectivity index (χ1v) is 11.6. The van der Waals surface area contributed by atoms with Gasteiger partial charge >= 0.3 is 23.3 Å². The number of aliphatic hydroxyl groups excluding tert-OH is 3. The SMILES string of the molecule is COc1cc(-c2[o+]c3cc(O)cc(O)c3cc2O[C@@H]2OC(COC(=O)CC(=O)O)[C@@H](O)C(O)C2O)cc(O)c1O. The Morgan fingerprint density at radius 2 is 1.65 bits per heavy atom. The molecule has 0 aliphatic carbocycles. The highest BCUT2D eigenvalue weighted by Crippen LogP contribution is 2.45. The van der Waals surface area contributed by atoms with Crippen molar-refractivity contribution in [3.8, 4) is 45.8 Å². The molecule has 5 atom stereocenters. The van der Waals surface area contributed by atoms with Gasteiger partial charge in [-0.1, -0.05) is 0 Å². The van der Waals surface area contributed by atoms with E-state index >= 15 is 0 Å². The molecule has 0 bridgehead atoms. The van der Waals surface area contributed by atoms with Gasteiger partial charge in [-0.25, -0.2) is 4.42 Å². The van der Waals surface area contributed by atoms with Gasteiger partial charge in [-0.3, -0.25) is 9.59 Å². The van der Waals surface area contributed by atoms with Crippen molar-refractivity contribution in [1.29, 1.82) is 0 Å².